The fraction of sp³-hybridized carbons (Fsp3) is 0.632. The summed E-state index contributed by atoms with van der Waals surface area (Å²) in [5.74, 6) is 0.0185. The summed E-state index contributed by atoms with van der Waals surface area (Å²) < 4.78 is 5.55. The van der Waals surface area contributed by atoms with Crippen LogP contribution in [0.25, 0.3) is 0 Å². The molecule has 0 spiro atoms. The SMILES string of the molecule is Cc1cccc(N2CCN(CCNC(=O)C3CN(C)CCO3)CC2)c1. The minimum absolute atomic E-state index is 0.0185. The molecule has 0 radical (unpaired) electrons. The minimum Gasteiger partial charge on any atom is -0.369 e. The Balaban J connectivity index is 1.36. The highest BCUT2D eigenvalue weighted by Crippen LogP contribution is 2.17. The van der Waals surface area contributed by atoms with Gasteiger partial charge in [-0.2, -0.15) is 0 Å². The molecule has 2 aliphatic heterocycles. The Hall–Kier alpha value is -1.63. The van der Waals surface area contributed by atoms with Gasteiger partial charge in [-0.25, -0.2) is 0 Å². The van der Waals surface area contributed by atoms with Crippen molar-refractivity contribution in [3.05, 3.63) is 29.8 Å². The van der Waals surface area contributed by atoms with E-state index in [1.54, 1.807) is 0 Å². The summed E-state index contributed by atoms with van der Waals surface area (Å²) in [5, 5.41) is 3.02. The van der Waals surface area contributed by atoms with Crippen LogP contribution in [0, 0.1) is 6.92 Å². The zero-order chi connectivity index (χ0) is 17.6. The fourth-order valence-corrected chi connectivity index (χ4v) is 3.44. The number of carbonyl (C=O) groups is 1. The van der Waals surface area contributed by atoms with Crippen LogP contribution in [0.4, 0.5) is 5.69 Å². The minimum atomic E-state index is -0.322. The number of carbonyl (C=O) groups excluding carboxylic acids is 1. The molecule has 0 saturated carbocycles. The van der Waals surface area contributed by atoms with Gasteiger partial charge in [-0.05, 0) is 31.7 Å². The van der Waals surface area contributed by atoms with Gasteiger partial charge in [-0.3, -0.25) is 9.69 Å². The molecule has 0 aliphatic carbocycles. The van der Waals surface area contributed by atoms with Gasteiger partial charge in [0.15, 0.2) is 0 Å². The number of benzene rings is 1. The normalized spacial score (nSPS) is 22.8. The first-order chi connectivity index (χ1) is 12.1. The lowest BCUT2D eigenvalue weighted by molar-refractivity contribution is -0.137. The fourth-order valence-electron chi connectivity index (χ4n) is 3.44. The van der Waals surface area contributed by atoms with E-state index in [1.165, 1.54) is 11.3 Å². The van der Waals surface area contributed by atoms with E-state index >= 15 is 0 Å². The van der Waals surface area contributed by atoms with E-state index in [9.17, 15) is 4.79 Å². The highest BCUT2D eigenvalue weighted by molar-refractivity contribution is 5.81. The molecule has 2 aliphatic rings. The van der Waals surface area contributed by atoms with Crippen molar-refractivity contribution in [2.45, 2.75) is 13.0 Å². The van der Waals surface area contributed by atoms with Crippen LogP contribution in [0.15, 0.2) is 24.3 Å². The predicted molar refractivity (Wildman–Crippen MR) is 100 cm³/mol. The molecule has 1 aromatic rings. The van der Waals surface area contributed by atoms with Crippen molar-refractivity contribution < 1.29 is 9.53 Å². The maximum absolute atomic E-state index is 12.2. The van der Waals surface area contributed by atoms with Gasteiger partial charge in [0.05, 0.1) is 6.61 Å². The maximum atomic E-state index is 12.2. The standard InChI is InChI=1S/C19H30N4O2/c1-16-4-3-5-17(14-16)23-10-8-22(9-11-23)7-6-20-19(24)18-15-21(2)12-13-25-18/h3-5,14,18H,6-13,15H2,1-2H3,(H,20,24). The number of likely N-dealkylation sites (N-methyl/N-ethyl adjacent to an activating group) is 1. The molecule has 2 saturated heterocycles. The van der Waals surface area contributed by atoms with Crippen molar-refractivity contribution in [2.24, 2.45) is 0 Å². The Kier molecular flexibility index (Phi) is 6.29. The van der Waals surface area contributed by atoms with Crippen molar-refractivity contribution in [1.82, 2.24) is 15.1 Å². The van der Waals surface area contributed by atoms with Gasteiger partial charge >= 0.3 is 0 Å². The van der Waals surface area contributed by atoms with Crippen LogP contribution in [0.5, 0.6) is 0 Å². The first kappa shape index (κ1) is 18.2. The summed E-state index contributed by atoms with van der Waals surface area (Å²) >= 11 is 0. The number of piperazine rings is 1. The van der Waals surface area contributed by atoms with Crippen LogP contribution in [0.1, 0.15) is 5.56 Å². The monoisotopic (exact) mass is 346 g/mol. The molecule has 138 valence electrons. The highest BCUT2D eigenvalue weighted by atomic mass is 16.5. The molecule has 0 bridgehead atoms. The quantitative estimate of drug-likeness (QED) is 0.844. The third kappa shape index (κ3) is 5.17. The molecule has 3 rings (SSSR count). The van der Waals surface area contributed by atoms with E-state index in [0.29, 0.717) is 19.7 Å². The third-order valence-corrected chi connectivity index (χ3v) is 5.03. The van der Waals surface area contributed by atoms with Crippen LogP contribution >= 0.6 is 0 Å². The molecule has 2 heterocycles. The van der Waals surface area contributed by atoms with Gasteiger partial charge in [0.25, 0.3) is 5.91 Å². The van der Waals surface area contributed by atoms with Gasteiger partial charge in [-0.1, -0.05) is 12.1 Å². The van der Waals surface area contributed by atoms with E-state index in [-0.39, 0.29) is 12.0 Å². The van der Waals surface area contributed by atoms with Crippen molar-refractivity contribution in [1.29, 1.82) is 0 Å². The molecule has 2 fully saturated rings. The van der Waals surface area contributed by atoms with Crippen LogP contribution in [0.2, 0.25) is 0 Å². The Bertz CT molecular complexity index is 572. The van der Waals surface area contributed by atoms with Gasteiger partial charge < -0.3 is 19.9 Å². The molecule has 6 nitrogen and oxygen atoms in total. The number of nitrogens with one attached hydrogen (secondary N) is 1. The predicted octanol–water partition coefficient (Wildman–Crippen LogP) is 0.564. The second-order valence-corrected chi connectivity index (χ2v) is 7.08. The number of nitrogens with zero attached hydrogens (tertiary/aromatic N) is 3. The number of ether oxygens (including phenoxy) is 1. The average Bonchev–Trinajstić information content (AvgIpc) is 2.62. The van der Waals surface area contributed by atoms with Crippen molar-refractivity contribution in [3.8, 4) is 0 Å². The number of morpholine rings is 1. The zero-order valence-corrected chi connectivity index (χ0v) is 15.4. The molecule has 1 amide bonds. The largest absolute Gasteiger partial charge is 0.369 e. The van der Waals surface area contributed by atoms with E-state index in [0.717, 1.165) is 39.3 Å². The summed E-state index contributed by atoms with van der Waals surface area (Å²) in [6.07, 6.45) is -0.322. The summed E-state index contributed by atoms with van der Waals surface area (Å²) in [6, 6.07) is 8.69. The molecular weight excluding hydrogens is 316 g/mol. The van der Waals surface area contributed by atoms with Gasteiger partial charge in [0, 0.05) is 58.0 Å². The second kappa shape index (κ2) is 8.65. The molecule has 1 N–H and O–H groups in total. The second-order valence-electron chi connectivity index (χ2n) is 7.08. The summed E-state index contributed by atoms with van der Waals surface area (Å²) in [5.41, 5.74) is 2.62. The summed E-state index contributed by atoms with van der Waals surface area (Å²) in [7, 11) is 2.02. The Morgan fingerprint density at radius 1 is 1.24 bits per heavy atom. The first-order valence-electron chi connectivity index (χ1n) is 9.23. The first-order valence-corrected chi connectivity index (χ1v) is 9.23. The van der Waals surface area contributed by atoms with Gasteiger partial charge in [0.2, 0.25) is 0 Å². The lowest BCUT2D eigenvalue weighted by atomic mass is 10.2. The van der Waals surface area contributed by atoms with Crippen molar-refractivity contribution in [3.63, 3.8) is 0 Å². The van der Waals surface area contributed by atoms with Crippen LogP contribution in [0.3, 0.4) is 0 Å². The Morgan fingerprint density at radius 3 is 2.76 bits per heavy atom. The molecular formula is C19H30N4O2. The van der Waals surface area contributed by atoms with Gasteiger partial charge in [0.1, 0.15) is 6.10 Å². The molecule has 0 aromatic heterocycles. The molecule has 1 atom stereocenters. The van der Waals surface area contributed by atoms with Crippen molar-refractivity contribution in [2.75, 3.05) is 70.9 Å². The van der Waals surface area contributed by atoms with E-state index in [1.807, 2.05) is 7.05 Å². The zero-order valence-electron chi connectivity index (χ0n) is 15.4. The topological polar surface area (TPSA) is 48.0 Å². The van der Waals surface area contributed by atoms with Crippen LogP contribution in [-0.2, 0) is 9.53 Å². The number of amides is 1. The van der Waals surface area contributed by atoms with Crippen LogP contribution < -0.4 is 10.2 Å². The summed E-state index contributed by atoms with van der Waals surface area (Å²) in [6.45, 7) is 10.1. The molecule has 1 aromatic carbocycles. The maximum Gasteiger partial charge on any atom is 0.250 e. The highest BCUT2D eigenvalue weighted by Gasteiger charge is 2.24. The molecule has 1 unspecified atom stereocenters. The van der Waals surface area contributed by atoms with Crippen LogP contribution in [-0.4, -0.2) is 87.8 Å². The number of aryl methyl sites for hydroxylation is 1. The third-order valence-electron chi connectivity index (χ3n) is 5.03. The smallest absolute Gasteiger partial charge is 0.250 e. The number of rotatable bonds is 5. The van der Waals surface area contributed by atoms with E-state index in [4.69, 9.17) is 4.74 Å². The lowest BCUT2D eigenvalue weighted by Crippen LogP contribution is -2.51. The Labute approximate surface area is 150 Å². The van der Waals surface area contributed by atoms with Gasteiger partial charge in [-0.15, -0.1) is 0 Å². The van der Waals surface area contributed by atoms with Crippen molar-refractivity contribution >= 4 is 11.6 Å². The Morgan fingerprint density at radius 2 is 2.04 bits per heavy atom. The number of hydrogen-bond donors (Lipinski definition) is 1. The van der Waals surface area contributed by atoms with E-state index < -0.39 is 0 Å². The molecule has 25 heavy (non-hydrogen) atoms. The molecule has 6 heteroatoms. The number of hydrogen-bond acceptors (Lipinski definition) is 5. The average molecular weight is 346 g/mol. The lowest BCUT2D eigenvalue weighted by Gasteiger charge is -2.36. The van der Waals surface area contributed by atoms with E-state index in [2.05, 4.69) is 51.2 Å². The number of anilines is 1. The summed E-state index contributed by atoms with van der Waals surface area (Å²) in [4.78, 5) is 19.2.